The van der Waals surface area contributed by atoms with E-state index >= 15 is 0 Å². The molecule has 2 aliphatic carbocycles. The van der Waals surface area contributed by atoms with Gasteiger partial charge in [-0.3, -0.25) is 4.79 Å². The highest BCUT2D eigenvalue weighted by atomic mass is 16.5. The lowest BCUT2D eigenvalue weighted by molar-refractivity contribution is -0.136. The SMILES string of the molecule is COC1CC(CCC(=O)C(CC2CCNC(N)C2)C(O)CCC2CCC(O)C3OCCCC23)CC(O)C1O. The van der Waals surface area contributed by atoms with Gasteiger partial charge in [0.2, 0.25) is 0 Å². The first-order chi connectivity index (χ1) is 18.3. The normalized spacial score (nSPS) is 41.7. The van der Waals surface area contributed by atoms with E-state index in [4.69, 9.17) is 15.2 Å². The first-order valence-corrected chi connectivity index (χ1v) is 15.1. The van der Waals surface area contributed by atoms with E-state index in [9.17, 15) is 25.2 Å². The molecule has 4 rings (SSSR count). The highest BCUT2D eigenvalue weighted by Crippen LogP contribution is 2.41. The Balaban J connectivity index is 1.35. The van der Waals surface area contributed by atoms with Crippen LogP contribution in [0.1, 0.15) is 83.5 Å². The summed E-state index contributed by atoms with van der Waals surface area (Å²) in [5.41, 5.74) is 6.14. The van der Waals surface area contributed by atoms with Gasteiger partial charge in [0.15, 0.2) is 0 Å². The molecule has 2 saturated heterocycles. The molecule has 0 aromatic heterocycles. The summed E-state index contributed by atoms with van der Waals surface area (Å²) in [6, 6.07) is 0. The topological polar surface area (TPSA) is 154 Å². The van der Waals surface area contributed by atoms with Gasteiger partial charge < -0.3 is 41.0 Å². The Kier molecular flexibility index (Phi) is 11.4. The van der Waals surface area contributed by atoms with Crippen molar-refractivity contribution in [2.75, 3.05) is 20.3 Å². The van der Waals surface area contributed by atoms with Crippen LogP contribution in [-0.4, -0.2) is 89.3 Å². The van der Waals surface area contributed by atoms with Crippen LogP contribution >= 0.6 is 0 Å². The van der Waals surface area contributed by atoms with E-state index in [0.717, 1.165) is 51.5 Å². The van der Waals surface area contributed by atoms with E-state index < -0.39 is 36.4 Å². The van der Waals surface area contributed by atoms with Crippen LogP contribution in [0, 0.1) is 29.6 Å². The van der Waals surface area contributed by atoms with Gasteiger partial charge in [-0.05, 0) is 107 Å². The monoisotopic (exact) mass is 540 g/mol. The number of ether oxygens (including phenoxy) is 2. The van der Waals surface area contributed by atoms with Crippen LogP contribution in [0.2, 0.25) is 0 Å². The van der Waals surface area contributed by atoms with Gasteiger partial charge in [0.1, 0.15) is 11.9 Å². The molecule has 2 saturated carbocycles. The molecule has 0 bridgehead atoms. The van der Waals surface area contributed by atoms with E-state index in [-0.39, 0.29) is 24.0 Å². The number of aliphatic hydroxyl groups excluding tert-OH is 4. The second-order valence-corrected chi connectivity index (χ2v) is 12.7. The van der Waals surface area contributed by atoms with Crippen molar-refractivity contribution in [2.45, 2.75) is 126 Å². The fourth-order valence-electron chi connectivity index (χ4n) is 7.84. The van der Waals surface area contributed by atoms with E-state index in [1.54, 1.807) is 7.11 Å². The molecule has 38 heavy (non-hydrogen) atoms. The molecule has 220 valence electrons. The Labute approximate surface area is 227 Å². The predicted molar refractivity (Wildman–Crippen MR) is 143 cm³/mol. The highest BCUT2D eigenvalue weighted by Gasteiger charge is 2.42. The zero-order valence-corrected chi connectivity index (χ0v) is 23.1. The van der Waals surface area contributed by atoms with Gasteiger partial charge in [0.05, 0.1) is 36.7 Å². The van der Waals surface area contributed by atoms with Gasteiger partial charge in [-0.15, -0.1) is 0 Å². The number of nitrogens with one attached hydrogen (secondary N) is 1. The summed E-state index contributed by atoms with van der Waals surface area (Å²) in [4.78, 5) is 13.6. The Morgan fingerprint density at radius 1 is 1.05 bits per heavy atom. The summed E-state index contributed by atoms with van der Waals surface area (Å²) < 4.78 is 11.3. The average molecular weight is 541 g/mol. The molecule has 0 amide bonds. The van der Waals surface area contributed by atoms with Crippen LogP contribution in [0.25, 0.3) is 0 Å². The third-order valence-electron chi connectivity index (χ3n) is 10.1. The van der Waals surface area contributed by atoms with Crippen LogP contribution in [0.15, 0.2) is 0 Å². The van der Waals surface area contributed by atoms with Crippen molar-refractivity contribution in [1.82, 2.24) is 5.32 Å². The number of carbonyl (C=O) groups is 1. The van der Waals surface area contributed by atoms with Gasteiger partial charge in [-0.25, -0.2) is 0 Å². The molecule has 12 unspecified atom stereocenters. The lowest BCUT2D eigenvalue weighted by atomic mass is 9.70. The summed E-state index contributed by atoms with van der Waals surface area (Å²) in [5.74, 6) is 0.817. The summed E-state index contributed by atoms with van der Waals surface area (Å²) in [7, 11) is 1.54. The average Bonchev–Trinajstić information content (AvgIpc) is 2.91. The molecule has 0 aromatic carbocycles. The van der Waals surface area contributed by atoms with Gasteiger partial charge in [-0.1, -0.05) is 0 Å². The number of fused-ring (bicyclic) bond motifs is 1. The van der Waals surface area contributed by atoms with Crippen LogP contribution in [0.3, 0.4) is 0 Å². The third kappa shape index (κ3) is 7.75. The summed E-state index contributed by atoms with van der Waals surface area (Å²) >= 11 is 0. The number of ketones is 1. The van der Waals surface area contributed by atoms with Crippen molar-refractivity contribution in [1.29, 1.82) is 0 Å². The minimum absolute atomic E-state index is 0.0697. The number of nitrogens with two attached hydrogens (primary N) is 1. The number of methoxy groups -OCH3 is 1. The van der Waals surface area contributed by atoms with E-state index in [0.29, 0.717) is 62.9 Å². The van der Waals surface area contributed by atoms with Crippen molar-refractivity contribution in [3.05, 3.63) is 0 Å². The van der Waals surface area contributed by atoms with Gasteiger partial charge in [0, 0.05) is 26.1 Å². The van der Waals surface area contributed by atoms with Crippen molar-refractivity contribution in [2.24, 2.45) is 35.3 Å². The van der Waals surface area contributed by atoms with E-state index in [2.05, 4.69) is 5.32 Å². The second kappa shape index (κ2) is 14.3. The van der Waals surface area contributed by atoms with Crippen LogP contribution in [-0.2, 0) is 14.3 Å². The van der Waals surface area contributed by atoms with Crippen molar-refractivity contribution >= 4 is 5.78 Å². The molecule has 9 nitrogen and oxygen atoms in total. The molecule has 12 atom stereocenters. The molecular formula is C29H52N2O7. The fraction of sp³-hybridized carbons (Fsp3) is 0.966. The minimum Gasteiger partial charge on any atom is -0.392 e. The Morgan fingerprint density at radius 2 is 1.87 bits per heavy atom. The van der Waals surface area contributed by atoms with Crippen molar-refractivity contribution < 1.29 is 34.7 Å². The summed E-state index contributed by atoms with van der Waals surface area (Å²) in [6.07, 6.45) is 6.25. The minimum atomic E-state index is -0.888. The number of piperidine rings is 1. The second-order valence-electron chi connectivity index (χ2n) is 12.7. The van der Waals surface area contributed by atoms with Crippen LogP contribution < -0.4 is 11.1 Å². The molecule has 4 aliphatic rings. The summed E-state index contributed by atoms with van der Waals surface area (Å²) in [5, 5.41) is 45.5. The quantitative estimate of drug-likeness (QED) is 0.229. The Morgan fingerprint density at radius 3 is 2.63 bits per heavy atom. The molecule has 2 heterocycles. The fourth-order valence-corrected chi connectivity index (χ4v) is 7.84. The summed E-state index contributed by atoms with van der Waals surface area (Å²) in [6.45, 7) is 1.54. The number of rotatable bonds is 11. The molecule has 0 spiro atoms. The molecule has 2 aliphatic heterocycles. The van der Waals surface area contributed by atoms with Gasteiger partial charge in [0.25, 0.3) is 0 Å². The number of hydrogen-bond acceptors (Lipinski definition) is 9. The largest absolute Gasteiger partial charge is 0.392 e. The standard InChI is InChI=1S/C29H52N2O7/c1-37-26-15-17(14-25(35)28(26)36)4-7-22(32)21(13-18-10-11-31-27(30)16-18)23(33)8-5-19-6-9-24(34)29-20(19)3-2-12-38-29/h17-21,23-29,31,33-36H,2-16,30H2,1H3. The Hall–Kier alpha value is -0.650. The molecule has 0 radical (unpaired) electrons. The van der Waals surface area contributed by atoms with E-state index in [1.165, 1.54) is 0 Å². The molecule has 9 heteroatoms. The first-order valence-electron chi connectivity index (χ1n) is 15.1. The van der Waals surface area contributed by atoms with Crippen LogP contribution in [0.4, 0.5) is 0 Å². The third-order valence-corrected chi connectivity index (χ3v) is 10.1. The number of hydrogen-bond donors (Lipinski definition) is 6. The lowest BCUT2D eigenvalue weighted by Crippen LogP contribution is -2.47. The molecule has 4 fully saturated rings. The maximum absolute atomic E-state index is 13.6. The zero-order valence-electron chi connectivity index (χ0n) is 23.1. The zero-order chi connectivity index (χ0) is 27.2. The molecule has 0 aromatic rings. The first kappa shape index (κ1) is 30.3. The van der Waals surface area contributed by atoms with Gasteiger partial charge in [-0.2, -0.15) is 0 Å². The number of carbonyl (C=O) groups excluding carboxylic acids is 1. The lowest BCUT2D eigenvalue weighted by Gasteiger charge is -2.44. The number of Topliss-reactive ketones (excluding diaryl/α,β-unsaturated/α-hetero) is 1. The molecule has 7 N–H and O–H groups in total. The maximum Gasteiger partial charge on any atom is 0.138 e. The van der Waals surface area contributed by atoms with E-state index in [1.807, 2.05) is 0 Å². The van der Waals surface area contributed by atoms with Crippen LogP contribution in [0.5, 0.6) is 0 Å². The van der Waals surface area contributed by atoms with Crippen molar-refractivity contribution in [3.8, 4) is 0 Å². The smallest absolute Gasteiger partial charge is 0.138 e. The Bertz CT molecular complexity index is 742. The maximum atomic E-state index is 13.6. The number of aliphatic hydroxyl groups is 4. The highest BCUT2D eigenvalue weighted by molar-refractivity contribution is 5.81. The van der Waals surface area contributed by atoms with Crippen molar-refractivity contribution in [3.63, 3.8) is 0 Å². The van der Waals surface area contributed by atoms with Gasteiger partial charge >= 0.3 is 0 Å². The molecular weight excluding hydrogens is 488 g/mol. The predicted octanol–water partition coefficient (Wildman–Crippen LogP) is 1.48.